The Morgan fingerprint density at radius 2 is 2.05 bits per heavy atom. The molecule has 0 aliphatic rings. The molecule has 0 spiro atoms. The van der Waals surface area contributed by atoms with Crippen molar-refractivity contribution in [2.24, 2.45) is 0 Å². The second-order valence-corrected chi connectivity index (χ2v) is 4.30. The third kappa shape index (κ3) is 3.51. The highest BCUT2D eigenvalue weighted by molar-refractivity contribution is 9.10. The van der Waals surface area contributed by atoms with Gasteiger partial charge in [0.2, 0.25) is 5.91 Å². The van der Waals surface area contributed by atoms with Gasteiger partial charge in [0.15, 0.2) is 16.2 Å². The first kappa shape index (κ1) is 13.9. The molecule has 0 bridgehead atoms. The molecule has 102 valence electrons. The number of rotatable bonds is 4. The van der Waals surface area contributed by atoms with Gasteiger partial charge in [-0.3, -0.25) is 4.79 Å². The van der Waals surface area contributed by atoms with E-state index >= 15 is 0 Å². The summed E-state index contributed by atoms with van der Waals surface area (Å²) in [5.41, 5.74) is -0.324. The minimum atomic E-state index is -1.27. The van der Waals surface area contributed by atoms with Crippen molar-refractivity contribution in [2.75, 3.05) is 5.32 Å². The summed E-state index contributed by atoms with van der Waals surface area (Å²) in [4.78, 5) is 29.9. The molecule has 2 aromatic rings. The first-order chi connectivity index (χ1) is 9.56. The Hall–Kier alpha value is -2.48. The zero-order valence-corrected chi connectivity index (χ0v) is 11.5. The smallest absolute Gasteiger partial charge is 0.358 e. The summed E-state index contributed by atoms with van der Waals surface area (Å²) in [6.07, 6.45) is 5.16. The van der Waals surface area contributed by atoms with Crippen LogP contribution < -0.4 is 5.32 Å². The number of aromatic nitrogens is 2. The van der Waals surface area contributed by atoms with E-state index in [9.17, 15) is 9.59 Å². The number of hydrogen-bond acceptors (Lipinski definition) is 5. The van der Waals surface area contributed by atoms with Crippen molar-refractivity contribution in [1.82, 2.24) is 9.97 Å². The molecule has 7 nitrogen and oxygen atoms in total. The molecule has 0 fully saturated rings. The minimum Gasteiger partial charge on any atom is -0.476 e. The number of carbonyl (C=O) groups excluding carboxylic acids is 1. The van der Waals surface area contributed by atoms with Crippen molar-refractivity contribution < 1.29 is 19.1 Å². The SMILES string of the molecule is O=C(C=Cc1ccc(Br)o1)Nc1nccnc1C(=O)O. The van der Waals surface area contributed by atoms with Gasteiger partial charge >= 0.3 is 5.97 Å². The third-order valence-electron chi connectivity index (χ3n) is 2.14. The number of furan rings is 1. The van der Waals surface area contributed by atoms with Crippen LogP contribution in [0.2, 0.25) is 0 Å². The van der Waals surface area contributed by atoms with Gasteiger partial charge in [0.1, 0.15) is 5.76 Å². The molecule has 20 heavy (non-hydrogen) atoms. The van der Waals surface area contributed by atoms with Gasteiger partial charge in [-0.1, -0.05) is 0 Å². The van der Waals surface area contributed by atoms with Gasteiger partial charge in [0.25, 0.3) is 0 Å². The minimum absolute atomic E-state index is 0.115. The van der Waals surface area contributed by atoms with Crippen molar-refractivity contribution in [3.63, 3.8) is 0 Å². The van der Waals surface area contributed by atoms with E-state index in [0.717, 1.165) is 0 Å². The molecule has 2 heterocycles. The number of hydrogen-bond donors (Lipinski definition) is 2. The zero-order valence-electron chi connectivity index (χ0n) is 9.91. The maximum Gasteiger partial charge on any atom is 0.358 e. The second-order valence-electron chi connectivity index (χ2n) is 3.52. The summed E-state index contributed by atoms with van der Waals surface area (Å²) < 4.78 is 5.72. The molecule has 2 aromatic heterocycles. The Morgan fingerprint density at radius 1 is 1.30 bits per heavy atom. The summed E-state index contributed by atoms with van der Waals surface area (Å²) in [6.45, 7) is 0. The van der Waals surface area contributed by atoms with Crippen LogP contribution in [0.1, 0.15) is 16.2 Å². The predicted octanol–water partition coefficient (Wildman–Crippen LogP) is 2.18. The number of halogens is 1. The highest BCUT2D eigenvalue weighted by atomic mass is 79.9. The fourth-order valence-corrected chi connectivity index (χ4v) is 1.64. The maximum absolute atomic E-state index is 11.7. The van der Waals surface area contributed by atoms with E-state index in [2.05, 4.69) is 31.2 Å². The van der Waals surface area contributed by atoms with Crippen LogP contribution in [0, 0.1) is 0 Å². The average molecular weight is 338 g/mol. The Morgan fingerprint density at radius 3 is 2.70 bits per heavy atom. The lowest BCUT2D eigenvalue weighted by Crippen LogP contribution is -2.14. The molecule has 2 N–H and O–H groups in total. The molecular weight excluding hydrogens is 330 g/mol. The van der Waals surface area contributed by atoms with E-state index < -0.39 is 11.9 Å². The zero-order chi connectivity index (χ0) is 14.5. The van der Waals surface area contributed by atoms with Gasteiger partial charge in [-0.05, 0) is 34.1 Å². The maximum atomic E-state index is 11.7. The monoisotopic (exact) mass is 337 g/mol. The largest absolute Gasteiger partial charge is 0.476 e. The second kappa shape index (κ2) is 6.11. The predicted molar refractivity (Wildman–Crippen MR) is 73.1 cm³/mol. The molecule has 8 heteroatoms. The van der Waals surface area contributed by atoms with Gasteiger partial charge in [-0.25, -0.2) is 14.8 Å². The number of nitrogens with one attached hydrogen (secondary N) is 1. The lowest BCUT2D eigenvalue weighted by molar-refractivity contribution is -0.111. The summed E-state index contributed by atoms with van der Waals surface area (Å²) in [5, 5.41) is 11.2. The summed E-state index contributed by atoms with van der Waals surface area (Å²) in [7, 11) is 0. The van der Waals surface area contributed by atoms with Gasteiger partial charge < -0.3 is 14.8 Å². The average Bonchev–Trinajstić information content (AvgIpc) is 2.83. The van der Waals surface area contributed by atoms with E-state index in [1.165, 1.54) is 24.5 Å². The van der Waals surface area contributed by atoms with Crippen molar-refractivity contribution in [3.05, 3.63) is 46.7 Å². The fraction of sp³-hybridized carbons (Fsp3) is 0. The van der Waals surface area contributed by atoms with E-state index in [4.69, 9.17) is 9.52 Å². The van der Waals surface area contributed by atoms with Crippen LogP contribution in [-0.2, 0) is 4.79 Å². The summed E-state index contributed by atoms with van der Waals surface area (Å²) in [6, 6.07) is 3.35. The molecule has 2 rings (SSSR count). The molecule has 0 aromatic carbocycles. The number of anilines is 1. The van der Waals surface area contributed by atoms with Crippen LogP contribution in [0.3, 0.4) is 0 Å². The quantitative estimate of drug-likeness (QED) is 0.828. The lowest BCUT2D eigenvalue weighted by atomic mass is 10.3. The number of carbonyl (C=O) groups is 2. The third-order valence-corrected chi connectivity index (χ3v) is 2.56. The Bertz CT molecular complexity index is 681. The number of aromatic carboxylic acids is 1. The van der Waals surface area contributed by atoms with Gasteiger partial charge in [-0.2, -0.15) is 0 Å². The highest BCUT2D eigenvalue weighted by Gasteiger charge is 2.13. The summed E-state index contributed by atoms with van der Waals surface area (Å²) >= 11 is 3.13. The molecule has 1 amide bonds. The molecule has 0 aliphatic carbocycles. The van der Waals surface area contributed by atoms with E-state index in [1.807, 2.05) is 0 Å². The highest BCUT2D eigenvalue weighted by Crippen LogP contribution is 2.15. The van der Waals surface area contributed by atoms with Crippen LogP contribution >= 0.6 is 15.9 Å². The van der Waals surface area contributed by atoms with Crippen LogP contribution in [0.5, 0.6) is 0 Å². The lowest BCUT2D eigenvalue weighted by Gasteiger charge is -2.03. The Balaban J connectivity index is 2.09. The first-order valence-electron chi connectivity index (χ1n) is 5.35. The number of carboxylic acid groups (broad SMARTS) is 1. The normalized spacial score (nSPS) is 10.7. The van der Waals surface area contributed by atoms with Crippen LogP contribution in [0.25, 0.3) is 6.08 Å². The van der Waals surface area contributed by atoms with Gasteiger partial charge in [-0.15, -0.1) is 0 Å². The van der Waals surface area contributed by atoms with Crippen LogP contribution in [0.4, 0.5) is 5.82 Å². The summed E-state index contributed by atoms with van der Waals surface area (Å²) in [5.74, 6) is -1.45. The van der Waals surface area contributed by atoms with Crippen molar-refractivity contribution in [3.8, 4) is 0 Å². The van der Waals surface area contributed by atoms with Gasteiger partial charge in [0.05, 0.1) is 0 Å². The van der Waals surface area contributed by atoms with E-state index in [-0.39, 0.29) is 11.5 Å². The van der Waals surface area contributed by atoms with E-state index in [0.29, 0.717) is 10.4 Å². The van der Waals surface area contributed by atoms with Crippen molar-refractivity contribution in [1.29, 1.82) is 0 Å². The standard InChI is InChI=1S/C12H8BrN3O4/c13-8-3-1-7(20-8)2-4-9(17)16-11-10(12(18)19)14-5-6-15-11/h1-6H,(H,18,19)(H,15,16,17). The molecule has 0 aliphatic heterocycles. The van der Waals surface area contributed by atoms with Crippen molar-refractivity contribution in [2.45, 2.75) is 0 Å². The molecular formula is C12H8BrN3O4. The molecule has 0 atom stereocenters. The molecule has 0 saturated heterocycles. The topological polar surface area (TPSA) is 105 Å². The van der Waals surface area contributed by atoms with Crippen LogP contribution in [0.15, 0.2) is 39.7 Å². The molecule has 0 saturated carbocycles. The molecule has 0 radical (unpaired) electrons. The Labute approximate surface area is 121 Å². The molecule has 0 unspecified atom stereocenters. The van der Waals surface area contributed by atoms with Crippen LogP contribution in [-0.4, -0.2) is 27.0 Å². The first-order valence-corrected chi connectivity index (χ1v) is 6.14. The van der Waals surface area contributed by atoms with Crippen molar-refractivity contribution >= 4 is 39.7 Å². The number of nitrogens with zero attached hydrogens (tertiary/aromatic N) is 2. The number of carboxylic acids is 1. The van der Waals surface area contributed by atoms with Gasteiger partial charge in [0, 0.05) is 18.5 Å². The van der Waals surface area contributed by atoms with E-state index in [1.54, 1.807) is 12.1 Å². The number of amides is 1. The fourth-order valence-electron chi connectivity index (χ4n) is 1.32. The Kier molecular flexibility index (Phi) is 4.26.